The molecule has 9 heteroatoms. The molecule has 2 aromatic carbocycles. The van der Waals surface area contributed by atoms with Gasteiger partial charge in [0, 0.05) is 11.9 Å². The maximum atomic E-state index is 12.7. The molecular formula is C21H21N3O5S. The highest BCUT2D eigenvalue weighted by Crippen LogP contribution is 2.26. The molecule has 3 aromatic rings. The molecule has 1 aromatic heterocycles. The number of rotatable bonds is 8. The summed E-state index contributed by atoms with van der Waals surface area (Å²) >= 11 is 0. The predicted molar refractivity (Wildman–Crippen MR) is 114 cm³/mol. The summed E-state index contributed by atoms with van der Waals surface area (Å²) in [5, 5.41) is 3.05. The number of carbonyl (C=O) groups excluding carboxylic acids is 1. The zero-order valence-electron chi connectivity index (χ0n) is 16.5. The molecule has 0 saturated heterocycles. The number of aromatic nitrogens is 1. The molecule has 156 valence electrons. The molecule has 1 heterocycles. The number of carbonyl (C=O) groups is 1. The van der Waals surface area contributed by atoms with Crippen molar-refractivity contribution in [3.8, 4) is 5.75 Å². The molecule has 30 heavy (non-hydrogen) atoms. The Balaban J connectivity index is 1.79. The molecule has 0 aliphatic heterocycles. The van der Waals surface area contributed by atoms with Crippen molar-refractivity contribution in [3.63, 3.8) is 0 Å². The number of nitrogens with zero attached hydrogens (tertiary/aromatic N) is 1. The van der Waals surface area contributed by atoms with Crippen LogP contribution in [0.25, 0.3) is 0 Å². The van der Waals surface area contributed by atoms with Crippen LogP contribution in [0.15, 0.2) is 71.8 Å². The number of esters is 1. The Morgan fingerprint density at radius 3 is 2.37 bits per heavy atom. The SMILES string of the molecule is CCOC(=O)c1ccc(Nc2ncccc2NS(=O)(=O)c2ccc(OC)cc2)cc1. The summed E-state index contributed by atoms with van der Waals surface area (Å²) in [5.41, 5.74) is 1.33. The number of hydrogen-bond acceptors (Lipinski definition) is 7. The van der Waals surface area contributed by atoms with E-state index in [4.69, 9.17) is 9.47 Å². The van der Waals surface area contributed by atoms with Gasteiger partial charge in [0.05, 0.1) is 29.9 Å². The maximum absolute atomic E-state index is 12.7. The quantitative estimate of drug-likeness (QED) is 0.527. The minimum absolute atomic E-state index is 0.0943. The fourth-order valence-corrected chi connectivity index (χ4v) is 3.65. The lowest BCUT2D eigenvalue weighted by Crippen LogP contribution is -2.14. The fraction of sp³-hybridized carbons (Fsp3) is 0.143. The molecular weight excluding hydrogens is 406 g/mol. The Kier molecular flexibility index (Phi) is 6.53. The molecule has 0 aliphatic carbocycles. The van der Waals surface area contributed by atoms with Crippen LogP contribution in [0.4, 0.5) is 17.2 Å². The normalized spacial score (nSPS) is 10.9. The van der Waals surface area contributed by atoms with E-state index < -0.39 is 16.0 Å². The second-order valence-corrected chi connectivity index (χ2v) is 7.79. The highest BCUT2D eigenvalue weighted by molar-refractivity contribution is 7.92. The van der Waals surface area contributed by atoms with Crippen molar-refractivity contribution in [1.82, 2.24) is 4.98 Å². The van der Waals surface area contributed by atoms with Gasteiger partial charge in [-0.3, -0.25) is 4.72 Å². The van der Waals surface area contributed by atoms with E-state index in [1.54, 1.807) is 61.7 Å². The molecule has 0 unspecified atom stereocenters. The van der Waals surface area contributed by atoms with Crippen LogP contribution >= 0.6 is 0 Å². The third-order valence-electron chi connectivity index (χ3n) is 4.08. The second kappa shape index (κ2) is 9.27. The van der Waals surface area contributed by atoms with Crippen LogP contribution in [0, 0.1) is 0 Å². The van der Waals surface area contributed by atoms with Crippen molar-refractivity contribution < 1.29 is 22.7 Å². The molecule has 0 aliphatic rings. The van der Waals surface area contributed by atoms with Gasteiger partial charge in [-0.2, -0.15) is 0 Å². The van der Waals surface area contributed by atoms with Crippen LogP contribution in [-0.4, -0.2) is 33.1 Å². The second-order valence-electron chi connectivity index (χ2n) is 6.10. The number of hydrogen-bond donors (Lipinski definition) is 2. The fourth-order valence-electron chi connectivity index (χ4n) is 2.59. The summed E-state index contributed by atoms with van der Waals surface area (Å²) in [4.78, 5) is 16.1. The molecule has 0 spiro atoms. The lowest BCUT2D eigenvalue weighted by atomic mass is 10.2. The summed E-state index contributed by atoms with van der Waals surface area (Å²) in [6.45, 7) is 2.04. The van der Waals surface area contributed by atoms with E-state index in [1.165, 1.54) is 19.2 Å². The molecule has 0 radical (unpaired) electrons. The number of ether oxygens (including phenoxy) is 2. The maximum Gasteiger partial charge on any atom is 0.338 e. The molecule has 8 nitrogen and oxygen atoms in total. The van der Waals surface area contributed by atoms with Gasteiger partial charge < -0.3 is 14.8 Å². The number of methoxy groups -OCH3 is 1. The molecule has 0 bridgehead atoms. The average molecular weight is 427 g/mol. The molecule has 0 atom stereocenters. The van der Waals surface area contributed by atoms with Gasteiger partial charge in [-0.25, -0.2) is 18.2 Å². The minimum atomic E-state index is -3.82. The molecule has 2 N–H and O–H groups in total. The third kappa shape index (κ3) is 5.06. The number of pyridine rings is 1. The monoisotopic (exact) mass is 427 g/mol. The van der Waals surface area contributed by atoms with E-state index in [9.17, 15) is 13.2 Å². The number of anilines is 3. The van der Waals surface area contributed by atoms with Crippen LogP contribution < -0.4 is 14.8 Å². The first-order chi connectivity index (χ1) is 14.4. The van der Waals surface area contributed by atoms with E-state index >= 15 is 0 Å². The van der Waals surface area contributed by atoms with Crippen molar-refractivity contribution in [1.29, 1.82) is 0 Å². The van der Waals surface area contributed by atoms with E-state index in [2.05, 4.69) is 15.0 Å². The standard InChI is InChI=1S/C21H21N3O5S/c1-3-29-21(25)15-6-8-16(9-7-15)23-20-19(5-4-14-22-20)24-30(26,27)18-12-10-17(28-2)11-13-18/h4-14,24H,3H2,1-2H3,(H,22,23). The topological polar surface area (TPSA) is 107 Å². The smallest absolute Gasteiger partial charge is 0.338 e. The lowest BCUT2D eigenvalue weighted by Gasteiger charge is -2.13. The molecule has 0 saturated carbocycles. The first-order valence-corrected chi connectivity index (χ1v) is 10.6. The predicted octanol–water partition coefficient (Wildman–Crippen LogP) is 3.81. The highest BCUT2D eigenvalue weighted by atomic mass is 32.2. The van der Waals surface area contributed by atoms with Gasteiger partial charge in [0.15, 0.2) is 5.82 Å². The summed E-state index contributed by atoms with van der Waals surface area (Å²) < 4.78 is 38.0. The van der Waals surface area contributed by atoms with Gasteiger partial charge in [0.1, 0.15) is 5.75 Å². The van der Waals surface area contributed by atoms with Crippen molar-refractivity contribution in [2.24, 2.45) is 0 Å². The Bertz CT molecular complexity index is 1110. The Hall–Kier alpha value is -3.59. The summed E-state index contributed by atoms with van der Waals surface area (Å²) in [6, 6.07) is 15.9. The van der Waals surface area contributed by atoms with Crippen molar-refractivity contribution in [2.75, 3.05) is 23.8 Å². The van der Waals surface area contributed by atoms with Crippen molar-refractivity contribution in [2.45, 2.75) is 11.8 Å². The summed E-state index contributed by atoms with van der Waals surface area (Å²) in [7, 11) is -2.32. The van der Waals surface area contributed by atoms with Gasteiger partial charge >= 0.3 is 5.97 Å². The van der Waals surface area contributed by atoms with E-state index in [0.29, 0.717) is 29.4 Å². The van der Waals surface area contributed by atoms with E-state index in [0.717, 1.165) is 0 Å². The molecule has 0 fully saturated rings. The largest absolute Gasteiger partial charge is 0.497 e. The van der Waals surface area contributed by atoms with Gasteiger partial charge in [-0.15, -0.1) is 0 Å². The zero-order valence-corrected chi connectivity index (χ0v) is 17.3. The Morgan fingerprint density at radius 2 is 1.73 bits per heavy atom. The van der Waals surface area contributed by atoms with E-state index in [-0.39, 0.29) is 10.6 Å². The van der Waals surface area contributed by atoms with Crippen LogP contribution in [0.5, 0.6) is 5.75 Å². The van der Waals surface area contributed by atoms with Gasteiger partial charge in [0.25, 0.3) is 10.0 Å². The van der Waals surface area contributed by atoms with Crippen molar-refractivity contribution >= 4 is 33.2 Å². The number of nitrogens with one attached hydrogen (secondary N) is 2. The van der Waals surface area contributed by atoms with Gasteiger partial charge in [-0.05, 0) is 67.6 Å². The van der Waals surface area contributed by atoms with Crippen LogP contribution in [0.2, 0.25) is 0 Å². The highest BCUT2D eigenvalue weighted by Gasteiger charge is 2.17. The number of sulfonamides is 1. The zero-order chi connectivity index (χ0) is 21.6. The average Bonchev–Trinajstić information content (AvgIpc) is 2.75. The van der Waals surface area contributed by atoms with Crippen LogP contribution in [0.1, 0.15) is 17.3 Å². The minimum Gasteiger partial charge on any atom is -0.497 e. The lowest BCUT2D eigenvalue weighted by molar-refractivity contribution is 0.0526. The first-order valence-electron chi connectivity index (χ1n) is 9.09. The third-order valence-corrected chi connectivity index (χ3v) is 5.46. The van der Waals surface area contributed by atoms with Gasteiger partial charge in [0.2, 0.25) is 0 Å². The first kappa shape index (κ1) is 21.1. The van der Waals surface area contributed by atoms with Crippen LogP contribution in [-0.2, 0) is 14.8 Å². The Labute approximate surface area is 174 Å². The summed E-state index contributed by atoms with van der Waals surface area (Å²) in [6.07, 6.45) is 1.54. The molecule has 3 rings (SSSR count). The number of benzene rings is 2. The Morgan fingerprint density at radius 1 is 1.03 bits per heavy atom. The molecule has 0 amide bonds. The van der Waals surface area contributed by atoms with E-state index in [1.807, 2.05) is 0 Å². The summed E-state index contributed by atoms with van der Waals surface area (Å²) in [5.74, 6) is 0.470. The van der Waals surface area contributed by atoms with Crippen LogP contribution in [0.3, 0.4) is 0 Å². The van der Waals surface area contributed by atoms with Crippen molar-refractivity contribution in [3.05, 3.63) is 72.4 Å². The van der Waals surface area contributed by atoms with Gasteiger partial charge in [-0.1, -0.05) is 0 Å².